The molecule has 3 saturated heterocycles. The van der Waals surface area contributed by atoms with Crippen LogP contribution >= 0.6 is 23.1 Å². The fraction of sp³-hybridized carbons (Fsp3) is 0.304. The molecule has 0 aliphatic carbocycles. The van der Waals surface area contributed by atoms with Crippen LogP contribution in [0.5, 0.6) is 0 Å². The standard InChI is InChI=1S/C56H56N6O6S2/c1-2-62(33-19-20-34-62)36-41-37-69-53-48(52(64)61(53)49(41)54(65)67-50(39-22-8-3-9-23-39)40-24-10-4-11-25-40)58-51(63)47(60-68-46-32-18-21-35-66-46)45-38-70-55(57-45)59-56(42-26-12-5-13-27-42,43-28-14-6-15-29-43)44-30-16-7-17-31-44/h3-17,22-31,38,46,48,50,53H,2,18-21,32-37H2,1H3,(H-,57,58,59,63)/p+1/t46?,48?,53-/m0/s1. The van der Waals surface area contributed by atoms with Crippen molar-refractivity contribution in [2.75, 3.05) is 43.9 Å². The van der Waals surface area contributed by atoms with Crippen LogP contribution in [0.2, 0.25) is 0 Å². The van der Waals surface area contributed by atoms with Crippen LogP contribution in [0, 0.1) is 0 Å². The summed E-state index contributed by atoms with van der Waals surface area (Å²) in [6.45, 7) is 6.29. The molecule has 70 heavy (non-hydrogen) atoms. The number of quaternary nitrogens is 1. The molecule has 14 heteroatoms. The van der Waals surface area contributed by atoms with Crippen LogP contribution in [-0.4, -0.2) is 94.1 Å². The molecular weight excluding hydrogens is 917 g/mol. The lowest BCUT2D eigenvalue weighted by atomic mass is 9.77. The highest BCUT2D eigenvalue weighted by atomic mass is 32.2. The van der Waals surface area contributed by atoms with Crippen molar-refractivity contribution >= 4 is 51.7 Å². The van der Waals surface area contributed by atoms with Gasteiger partial charge in [0, 0.05) is 36.0 Å². The van der Waals surface area contributed by atoms with Crippen LogP contribution in [0.3, 0.4) is 0 Å². The molecule has 2 unspecified atom stereocenters. The minimum Gasteiger partial charge on any atom is -0.448 e. The molecular formula is C56H57N6O6S2+. The fourth-order valence-electron chi connectivity index (χ4n) is 10.2. The summed E-state index contributed by atoms with van der Waals surface area (Å²) in [4.78, 5) is 56.8. The Hall–Kier alpha value is -6.58. The van der Waals surface area contributed by atoms with E-state index >= 15 is 0 Å². The maximum atomic E-state index is 14.9. The number of amides is 2. The Balaban J connectivity index is 0.956. The van der Waals surface area contributed by atoms with Crippen LogP contribution in [0.4, 0.5) is 5.13 Å². The molecule has 0 spiro atoms. The largest absolute Gasteiger partial charge is 0.448 e. The highest BCUT2D eigenvalue weighted by Crippen LogP contribution is 2.44. The van der Waals surface area contributed by atoms with Crippen molar-refractivity contribution in [3.05, 3.63) is 202 Å². The second-order valence-electron chi connectivity index (χ2n) is 18.2. The van der Waals surface area contributed by atoms with Crippen molar-refractivity contribution in [2.45, 2.75) is 68.4 Å². The number of oxime groups is 1. The molecule has 3 fully saturated rings. The average molecular weight is 974 g/mol. The van der Waals surface area contributed by atoms with Gasteiger partial charge in [0.15, 0.2) is 16.9 Å². The van der Waals surface area contributed by atoms with Crippen LogP contribution in [0.15, 0.2) is 173 Å². The van der Waals surface area contributed by atoms with Crippen LogP contribution in [-0.2, 0) is 34.2 Å². The van der Waals surface area contributed by atoms with E-state index in [1.165, 1.54) is 11.3 Å². The number of nitrogens with zero attached hydrogens (tertiary/aromatic N) is 4. The lowest BCUT2D eigenvalue weighted by Gasteiger charge is -2.50. The predicted molar refractivity (Wildman–Crippen MR) is 274 cm³/mol. The van der Waals surface area contributed by atoms with Crippen LogP contribution in [0.25, 0.3) is 0 Å². The number of carbonyl (C=O) groups is 3. The Morgan fingerprint density at radius 1 is 0.814 bits per heavy atom. The SMILES string of the molecule is CC[N+]1(CC2=C(C(=O)OC(c3ccccc3)c3ccccc3)N3C(=O)C(NC(=O)C(=NOC4CCCCO4)c4csc(NC(c5ccccc5)(c5ccccc5)c5ccccc5)n4)[C@@H]3SC2)CCCC1. The van der Waals surface area contributed by atoms with Gasteiger partial charge < -0.3 is 29.4 Å². The van der Waals surface area contributed by atoms with Gasteiger partial charge in [-0.1, -0.05) is 157 Å². The van der Waals surface area contributed by atoms with Gasteiger partial charge >= 0.3 is 5.97 Å². The van der Waals surface area contributed by atoms with Gasteiger partial charge in [-0.3, -0.25) is 14.5 Å². The molecule has 4 aliphatic heterocycles. The number of thiazole rings is 1. The molecule has 2 amide bonds. The Morgan fingerprint density at radius 3 is 1.93 bits per heavy atom. The van der Waals surface area contributed by atoms with Gasteiger partial charge in [-0.2, -0.15) is 0 Å². The Kier molecular flexibility index (Phi) is 14.3. The predicted octanol–water partition coefficient (Wildman–Crippen LogP) is 9.41. The minimum absolute atomic E-state index is 0.0943. The van der Waals surface area contributed by atoms with E-state index in [2.05, 4.69) is 59.1 Å². The third-order valence-electron chi connectivity index (χ3n) is 13.9. The molecule has 5 aromatic carbocycles. The van der Waals surface area contributed by atoms with Crippen molar-refractivity contribution in [3.8, 4) is 0 Å². The number of hydrogen-bond donors (Lipinski definition) is 2. The van der Waals surface area contributed by atoms with E-state index in [4.69, 9.17) is 19.3 Å². The van der Waals surface area contributed by atoms with Gasteiger partial charge in [0.25, 0.3) is 11.8 Å². The summed E-state index contributed by atoms with van der Waals surface area (Å²) < 4.78 is 13.2. The van der Waals surface area contributed by atoms with Crippen molar-refractivity contribution < 1.29 is 33.2 Å². The summed E-state index contributed by atoms with van der Waals surface area (Å²) in [6, 6.07) is 49.0. The Labute approximate surface area is 417 Å². The van der Waals surface area contributed by atoms with Crippen molar-refractivity contribution in [3.63, 3.8) is 0 Å². The number of hydrogen-bond acceptors (Lipinski definition) is 11. The third-order valence-corrected chi connectivity index (χ3v) is 16.0. The summed E-state index contributed by atoms with van der Waals surface area (Å²) in [6.07, 6.45) is 3.31. The first-order valence-corrected chi connectivity index (χ1v) is 26.2. The Morgan fingerprint density at radius 2 is 1.39 bits per heavy atom. The molecule has 6 aromatic rings. The summed E-state index contributed by atoms with van der Waals surface area (Å²) in [5.74, 6) is -1.09. The maximum absolute atomic E-state index is 14.9. The molecule has 358 valence electrons. The number of likely N-dealkylation sites (tertiary alicyclic amines) is 1. The number of thioether (sulfide) groups is 1. The Bertz CT molecular complexity index is 2680. The number of carbonyl (C=O) groups excluding carboxylic acids is 3. The molecule has 1 aromatic heterocycles. The van der Waals surface area contributed by atoms with Gasteiger partial charge in [0.05, 0.1) is 26.2 Å². The average Bonchev–Trinajstić information content (AvgIpc) is 4.10. The molecule has 2 N–H and O–H groups in total. The first kappa shape index (κ1) is 47.1. The summed E-state index contributed by atoms with van der Waals surface area (Å²) in [5.41, 5.74) is 5.09. The normalized spacial score (nSPS) is 20.1. The van der Waals surface area contributed by atoms with Crippen LogP contribution < -0.4 is 10.6 Å². The van der Waals surface area contributed by atoms with E-state index in [1.54, 1.807) is 22.0 Å². The van der Waals surface area contributed by atoms with Gasteiger partial charge in [0.2, 0.25) is 6.29 Å². The second-order valence-corrected chi connectivity index (χ2v) is 20.2. The van der Waals surface area contributed by atoms with E-state index in [0.29, 0.717) is 30.5 Å². The quantitative estimate of drug-likeness (QED) is 0.0229. The monoisotopic (exact) mass is 973 g/mol. The zero-order valence-electron chi connectivity index (χ0n) is 39.2. The maximum Gasteiger partial charge on any atom is 0.356 e. The summed E-state index contributed by atoms with van der Waals surface area (Å²) in [5, 5.41) is 13.0. The zero-order chi connectivity index (χ0) is 47.9. The first-order chi connectivity index (χ1) is 34.4. The molecule has 3 atom stereocenters. The van der Waals surface area contributed by atoms with Crippen LogP contribution in [0.1, 0.15) is 78.6 Å². The second kappa shape index (κ2) is 21.2. The van der Waals surface area contributed by atoms with Gasteiger partial charge in [-0.05, 0) is 47.6 Å². The number of benzene rings is 5. The number of β-lactam (4-membered cyclic amide) rings is 1. The number of nitrogens with one attached hydrogen (secondary N) is 2. The molecule has 0 saturated carbocycles. The zero-order valence-corrected chi connectivity index (χ0v) is 40.8. The topological polar surface area (TPSA) is 131 Å². The van der Waals surface area contributed by atoms with Gasteiger partial charge in [0.1, 0.15) is 34.9 Å². The van der Waals surface area contributed by atoms with E-state index < -0.39 is 47.1 Å². The van der Waals surface area contributed by atoms with E-state index in [0.717, 1.165) is 83.2 Å². The number of rotatable bonds is 17. The first-order valence-electron chi connectivity index (χ1n) is 24.3. The van der Waals surface area contributed by atoms with E-state index in [-0.39, 0.29) is 17.1 Å². The number of esters is 1. The smallest absolute Gasteiger partial charge is 0.356 e. The highest BCUT2D eigenvalue weighted by Gasteiger charge is 2.56. The third kappa shape index (κ3) is 9.65. The van der Waals surface area contributed by atoms with E-state index in [9.17, 15) is 14.4 Å². The van der Waals surface area contributed by atoms with Gasteiger partial charge in [-0.15, -0.1) is 23.1 Å². The van der Waals surface area contributed by atoms with E-state index in [1.807, 2.05) is 115 Å². The molecule has 0 bridgehead atoms. The lowest BCUT2D eigenvalue weighted by Crippen LogP contribution is -2.71. The number of fused-ring (bicyclic) bond motifs is 1. The molecule has 4 aliphatic rings. The number of anilines is 1. The fourth-order valence-corrected chi connectivity index (χ4v) is 12.3. The lowest BCUT2D eigenvalue weighted by molar-refractivity contribution is -0.910. The summed E-state index contributed by atoms with van der Waals surface area (Å²) in [7, 11) is 0. The molecule has 12 nitrogen and oxygen atoms in total. The summed E-state index contributed by atoms with van der Waals surface area (Å²) >= 11 is 2.88. The number of ether oxygens (including phenoxy) is 2. The molecule has 10 rings (SSSR count). The van der Waals surface area contributed by atoms with Crippen molar-refractivity contribution in [1.29, 1.82) is 0 Å². The molecule has 0 radical (unpaired) electrons. The van der Waals surface area contributed by atoms with Gasteiger partial charge in [-0.25, -0.2) is 9.78 Å². The van der Waals surface area contributed by atoms with Crippen molar-refractivity contribution in [2.24, 2.45) is 5.16 Å². The molecule has 5 heterocycles. The van der Waals surface area contributed by atoms with Crippen molar-refractivity contribution in [1.82, 2.24) is 15.2 Å². The number of aromatic nitrogens is 1. The highest BCUT2D eigenvalue weighted by molar-refractivity contribution is 8.00. The number of likely N-dealkylation sites (N-methyl/N-ethyl adjacent to an activating group) is 1. The minimum atomic E-state index is -0.962.